The molecule has 1 aromatic heterocycles. The molecule has 3 fully saturated rings. The molecule has 2 N–H and O–H groups in total. The highest BCUT2D eigenvalue weighted by atomic mass is 16.6. The van der Waals surface area contributed by atoms with Crippen LogP contribution in [-0.2, 0) is 16.0 Å². The van der Waals surface area contributed by atoms with Gasteiger partial charge < -0.3 is 19.9 Å². The van der Waals surface area contributed by atoms with E-state index in [4.69, 9.17) is 4.74 Å². The number of amides is 2. The number of nitrogens with zero attached hydrogens (tertiary/aromatic N) is 1. The second-order valence-corrected chi connectivity index (χ2v) is 9.18. The Hall–Kier alpha value is -2.50. The van der Waals surface area contributed by atoms with Crippen LogP contribution in [0.5, 0.6) is 0 Å². The molecule has 1 saturated carbocycles. The van der Waals surface area contributed by atoms with Gasteiger partial charge in [0, 0.05) is 42.1 Å². The van der Waals surface area contributed by atoms with Gasteiger partial charge in [0.1, 0.15) is 6.10 Å². The first-order chi connectivity index (χ1) is 14.7. The molecule has 3 aliphatic rings. The topological polar surface area (TPSA) is 74.4 Å². The summed E-state index contributed by atoms with van der Waals surface area (Å²) in [5.41, 5.74) is 2.36. The van der Waals surface area contributed by atoms with E-state index >= 15 is 0 Å². The number of carbonyl (C=O) groups is 2. The number of carbonyl (C=O) groups excluding carboxylic acids is 2. The molecule has 5 rings (SSSR count). The Labute approximate surface area is 177 Å². The minimum Gasteiger partial charge on any atom is -0.446 e. The molecule has 160 valence electrons. The van der Waals surface area contributed by atoms with E-state index in [2.05, 4.69) is 27.3 Å². The van der Waals surface area contributed by atoms with Crippen molar-refractivity contribution in [2.24, 2.45) is 5.92 Å². The smallest absolute Gasteiger partial charge is 0.407 e. The summed E-state index contributed by atoms with van der Waals surface area (Å²) in [7, 11) is 0. The van der Waals surface area contributed by atoms with Crippen LogP contribution in [0.25, 0.3) is 10.9 Å². The molecule has 3 heterocycles. The number of rotatable bonds is 4. The number of ether oxygens (including phenoxy) is 1. The van der Waals surface area contributed by atoms with Crippen LogP contribution in [0.2, 0.25) is 0 Å². The summed E-state index contributed by atoms with van der Waals surface area (Å²) in [6.07, 6.45) is 10.1. The number of hydrogen-bond acceptors (Lipinski definition) is 3. The maximum Gasteiger partial charge on any atom is 0.407 e. The van der Waals surface area contributed by atoms with Gasteiger partial charge in [0.05, 0.1) is 0 Å². The minimum atomic E-state index is -0.316. The van der Waals surface area contributed by atoms with Crippen molar-refractivity contribution in [3.05, 3.63) is 36.0 Å². The van der Waals surface area contributed by atoms with E-state index < -0.39 is 0 Å². The van der Waals surface area contributed by atoms with Crippen LogP contribution >= 0.6 is 0 Å². The molecular weight excluding hydrogens is 378 g/mol. The number of aromatic amines is 1. The molecule has 6 nitrogen and oxygen atoms in total. The van der Waals surface area contributed by atoms with Gasteiger partial charge in [-0.2, -0.15) is 0 Å². The fourth-order valence-corrected chi connectivity index (χ4v) is 6.19. The molecule has 0 radical (unpaired) electrons. The summed E-state index contributed by atoms with van der Waals surface area (Å²) >= 11 is 0. The van der Waals surface area contributed by atoms with Gasteiger partial charge >= 0.3 is 6.09 Å². The summed E-state index contributed by atoms with van der Waals surface area (Å²) < 4.78 is 5.80. The van der Waals surface area contributed by atoms with Crippen LogP contribution in [0.3, 0.4) is 0 Å². The summed E-state index contributed by atoms with van der Waals surface area (Å²) in [6, 6.07) is 8.20. The van der Waals surface area contributed by atoms with Crippen molar-refractivity contribution in [1.29, 1.82) is 0 Å². The number of benzene rings is 1. The van der Waals surface area contributed by atoms with Crippen LogP contribution in [0.4, 0.5) is 4.79 Å². The molecule has 30 heavy (non-hydrogen) atoms. The molecule has 0 unspecified atom stereocenters. The number of hydrogen-bond donors (Lipinski definition) is 2. The zero-order valence-corrected chi connectivity index (χ0v) is 17.5. The summed E-state index contributed by atoms with van der Waals surface area (Å²) in [5.74, 6) is 0.800. The highest BCUT2D eigenvalue weighted by molar-refractivity contribution is 5.83. The predicted molar refractivity (Wildman–Crippen MR) is 115 cm³/mol. The second kappa shape index (κ2) is 7.97. The van der Waals surface area contributed by atoms with Crippen molar-refractivity contribution in [3.8, 4) is 0 Å². The van der Waals surface area contributed by atoms with E-state index in [1.54, 1.807) is 0 Å². The highest BCUT2D eigenvalue weighted by Gasteiger charge is 2.52. The molecule has 1 aliphatic carbocycles. The van der Waals surface area contributed by atoms with Gasteiger partial charge in [0.25, 0.3) is 0 Å². The summed E-state index contributed by atoms with van der Waals surface area (Å²) in [5, 5.41) is 4.13. The maximum absolute atomic E-state index is 12.5. The molecule has 1 aromatic carbocycles. The quantitative estimate of drug-likeness (QED) is 0.797. The number of alkyl carbamates (subject to hydrolysis) is 1. The van der Waals surface area contributed by atoms with Crippen molar-refractivity contribution >= 4 is 22.9 Å². The number of aromatic nitrogens is 1. The molecule has 2 saturated heterocycles. The number of fused-ring (bicyclic) bond motifs is 1. The van der Waals surface area contributed by atoms with Crippen molar-refractivity contribution in [2.45, 2.75) is 69.4 Å². The average molecular weight is 410 g/mol. The van der Waals surface area contributed by atoms with Gasteiger partial charge in [-0.15, -0.1) is 0 Å². The minimum absolute atomic E-state index is 0.0376. The molecule has 2 aromatic rings. The first kappa shape index (κ1) is 19.5. The fourth-order valence-electron chi connectivity index (χ4n) is 6.19. The lowest BCUT2D eigenvalue weighted by atomic mass is 9.69. The van der Waals surface area contributed by atoms with E-state index in [-0.39, 0.29) is 17.7 Å². The van der Waals surface area contributed by atoms with E-state index in [9.17, 15) is 9.59 Å². The summed E-state index contributed by atoms with van der Waals surface area (Å²) in [4.78, 5) is 30.4. The zero-order valence-electron chi connectivity index (χ0n) is 17.5. The standard InChI is InChI=1S/C24H31N3O3/c28-22-8-3-5-18-15-19(9-12-24(18)11-4-14-27(22)24)30-23(29)25-13-10-17-16-26-21-7-2-1-6-20(17)21/h1-2,6-7,16,18-19,26H,3-5,8-15H2,(H,25,29)/t18-,19-,24+/m0/s1. The van der Waals surface area contributed by atoms with Crippen LogP contribution < -0.4 is 5.32 Å². The van der Waals surface area contributed by atoms with Gasteiger partial charge in [-0.05, 0) is 68.9 Å². The van der Waals surface area contributed by atoms with Gasteiger partial charge in [0.2, 0.25) is 5.91 Å². The number of H-pyrrole nitrogens is 1. The molecule has 1 spiro atoms. The Morgan fingerprint density at radius 2 is 2.13 bits per heavy atom. The molecular formula is C24H31N3O3. The first-order valence-corrected chi connectivity index (χ1v) is 11.5. The lowest BCUT2D eigenvalue weighted by Gasteiger charge is -2.48. The van der Waals surface area contributed by atoms with E-state index in [0.29, 0.717) is 24.8 Å². The van der Waals surface area contributed by atoms with Crippen LogP contribution in [0.15, 0.2) is 30.5 Å². The molecule has 2 aliphatic heterocycles. The average Bonchev–Trinajstić information content (AvgIpc) is 3.32. The van der Waals surface area contributed by atoms with E-state index in [0.717, 1.165) is 63.4 Å². The molecule has 3 atom stereocenters. The Kier molecular flexibility index (Phi) is 5.17. The number of nitrogens with one attached hydrogen (secondary N) is 2. The van der Waals surface area contributed by atoms with Crippen LogP contribution in [0, 0.1) is 5.92 Å². The van der Waals surface area contributed by atoms with Crippen molar-refractivity contribution in [2.75, 3.05) is 13.1 Å². The third-order valence-electron chi connectivity index (χ3n) is 7.59. The Bertz CT molecular complexity index is 939. The zero-order chi connectivity index (χ0) is 20.6. The lowest BCUT2D eigenvalue weighted by Crippen LogP contribution is -2.54. The Morgan fingerprint density at radius 1 is 1.23 bits per heavy atom. The van der Waals surface area contributed by atoms with E-state index in [1.165, 1.54) is 10.9 Å². The van der Waals surface area contributed by atoms with Crippen molar-refractivity contribution in [3.63, 3.8) is 0 Å². The van der Waals surface area contributed by atoms with Gasteiger partial charge in [0.15, 0.2) is 0 Å². The SMILES string of the molecule is O=C(NCCc1c[nH]c2ccccc12)O[C@H]1CC[C@@]23CCCN2C(=O)CCC[C@H]3C1. The Morgan fingerprint density at radius 3 is 3.07 bits per heavy atom. The monoisotopic (exact) mass is 409 g/mol. The van der Waals surface area contributed by atoms with Gasteiger partial charge in [-0.3, -0.25) is 4.79 Å². The van der Waals surface area contributed by atoms with Gasteiger partial charge in [-0.1, -0.05) is 18.2 Å². The maximum atomic E-state index is 12.5. The van der Waals surface area contributed by atoms with E-state index in [1.807, 2.05) is 18.3 Å². The fraction of sp³-hybridized carbons (Fsp3) is 0.583. The lowest BCUT2D eigenvalue weighted by molar-refractivity contribution is -0.138. The van der Waals surface area contributed by atoms with Crippen LogP contribution in [-0.4, -0.2) is 46.6 Å². The summed E-state index contributed by atoms with van der Waals surface area (Å²) in [6.45, 7) is 1.47. The molecule has 0 bridgehead atoms. The molecule has 2 amide bonds. The van der Waals surface area contributed by atoms with Crippen molar-refractivity contribution in [1.82, 2.24) is 15.2 Å². The highest BCUT2D eigenvalue weighted by Crippen LogP contribution is 2.49. The predicted octanol–water partition coefficient (Wildman–Crippen LogP) is 4.15. The largest absolute Gasteiger partial charge is 0.446 e. The first-order valence-electron chi connectivity index (χ1n) is 11.5. The number of para-hydroxylation sites is 1. The second-order valence-electron chi connectivity index (χ2n) is 9.18. The third-order valence-corrected chi connectivity index (χ3v) is 7.59. The van der Waals surface area contributed by atoms with Crippen molar-refractivity contribution < 1.29 is 14.3 Å². The Balaban J connectivity index is 1.14. The van der Waals surface area contributed by atoms with Gasteiger partial charge in [-0.25, -0.2) is 4.79 Å². The van der Waals surface area contributed by atoms with Crippen LogP contribution in [0.1, 0.15) is 56.9 Å². The third kappa shape index (κ3) is 3.46. The normalized spacial score (nSPS) is 28.7. The molecule has 6 heteroatoms.